The Balaban J connectivity index is 1.68. The van der Waals surface area contributed by atoms with Gasteiger partial charge in [0.2, 0.25) is 5.89 Å². The molecule has 2 amide bonds. The van der Waals surface area contributed by atoms with Crippen molar-refractivity contribution in [1.82, 2.24) is 20.4 Å². The molecule has 0 fully saturated rings. The third kappa shape index (κ3) is 3.67. The van der Waals surface area contributed by atoms with Crippen LogP contribution in [0.2, 0.25) is 0 Å². The molecule has 0 bridgehead atoms. The number of nitrogens with zero attached hydrogens (tertiary/aromatic N) is 3. The van der Waals surface area contributed by atoms with Crippen molar-refractivity contribution < 1.29 is 9.32 Å². The largest absolute Gasteiger partial charge is 0.337 e. The predicted molar refractivity (Wildman–Crippen MR) is 95.1 cm³/mol. The average Bonchev–Trinajstić information content (AvgIpc) is 3.05. The van der Waals surface area contributed by atoms with Crippen LogP contribution in [0.1, 0.15) is 62.5 Å². The van der Waals surface area contributed by atoms with Crippen molar-refractivity contribution in [1.29, 1.82) is 0 Å². The number of fused-ring (bicyclic) bond motifs is 1. The molecule has 1 unspecified atom stereocenters. The van der Waals surface area contributed by atoms with E-state index >= 15 is 0 Å². The highest BCUT2D eigenvalue weighted by Gasteiger charge is 2.33. The molecular formula is C19H26N4O2. The number of carbonyl (C=O) groups is 1. The van der Waals surface area contributed by atoms with E-state index in [9.17, 15) is 4.79 Å². The van der Waals surface area contributed by atoms with Gasteiger partial charge in [-0.15, -0.1) is 0 Å². The fraction of sp³-hybridized carbons (Fsp3) is 0.526. The SMILES string of the molecule is CCc1noc(CN(C)C(=O)NC2CCC(C)(C)c3ccccc32)n1. The molecule has 1 heterocycles. The Morgan fingerprint density at radius 1 is 1.40 bits per heavy atom. The summed E-state index contributed by atoms with van der Waals surface area (Å²) in [6.07, 6.45) is 2.69. The summed E-state index contributed by atoms with van der Waals surface area (Å²) in [5.41, 5.74) is 2.68. The second-order valence-electron chi connectivity index (χ2n) is 7.33. The van der Waals surface area contributed by atoms with Crippen LogP contribution in [0.5, 0.6) is 0 Å². The van der Waals surface area contributed by atoms with Crippen LogP contribution in [0, 0.1) is 0 Å². The lowest BCUT2D eigenvalue weighted by Gasteiger charge is -2.37. The van der Waals surface area contributed by atoms with Gasteiger partial charge in [0.1, 0.15) is 6.54 Å². The summed E-state index contributed by atoms with van der Waals surface area (Å²) in [5.74, 6) is 1.12. The number of amides is 2. The zero-order chi connectivity index (χ0) is 18.0. The first-order valence-corrected chi connectivity index (χ1v) is 8.83. The lowest BCUT2D eigenvalue weighted by molar-refractivity contribution is 0.192. The molecule has 1 atom stereocenters. The van der Waals surface area contributed by atoms with Crippen LogP contribution < -0.4 is 5.32 Å². The smallest absolute Gasteiger partial charge is 0.318 e. The third-order valence-electron chi connectivity index (χ3n) is 4.97. The summed E-state index contributed by atoms with van der Waals surface area (Å²) in [6, 6.07) is 8.30. The first kappa shape index (κ1) is 17.5. The standard InChI is InChI=1S/C19H26N4O2/c1-5-16-21-17(25-22-16)12-23(4)18(24)20-15-10-11-19(2,3)14-9-7-6-8-13(14)15/h6-9,15H,5,10-12H2,1-4H3,(H,20,24). The van der Waals surface area contributed by atoms with Gasteiger partial charge in [0.15, 0.2) is 5.82 Å². The minimum atomic E-state index is -0.129. The van der Waals surface area contributed by atoms with Crippen LogP contribution in [-0.2, 0) is 18.4 Å². The Hall–Kier alpha value is -2.37. The molecule has 0 saturated carbocycles. The Morgan fingerprint density at radius 2 is 2.16 bits per heavy atom. The molecule has 1 aliphatic carbocycles. The van der Waals surface area contributed by atoms with Crippen molar-refractivity contribution in [2.75, 3.05) is 7.05 Å². The van der Waals surface area contributed by atoms with E-state index in [1.807, 2.05) is 13.0 Å². The second-order valence-corrected chi connectivity index (χ2v) is 7.33. The summed E-state index contributed by atoms with van der Waals surface area (Å²) in [7, 11) is 1.74. The fourth-order valence-electron chi connectivity index (χ4n) is 3.39. The number of hydrogen-bond acceptors (Lipinski definition) is 4. The van der Waals surface area contributed by atoms with Gasteiger partial charge in [-0.25, -0.2) is 4.79 Å². The Bertz CT molecular complexity index is 753. The van der Waals surface area contributed by atoms with Gasteiger partial charge in [-0.1, -0.05) is 50.2 Å². The van der Waals surface area contributed by atoms with Crippen molar-refractivity contribution in [3.63, 3.8) is 0 Å². The van der Waals surface area contributed by atoms with Crippen molar-refractivity contribution in [2.45, 2.75) is 58.0 Å². The maximum atomic E-state index is 12.6. The molecule has 25 heavy (non-hydrogen) atoms. The van der Waals surface area contributed by atoms with Crippen LogP contribution in [0.15, 0.2) is 28.8 Å². The summed E-state index contributed by atoms with van der Waals surface area (Å²) in [4.78, 5) is 18.4. The number of carbonyl (C=O) groups excluding carboxylic acids is 1. The summed E-state index contributed by atoms with van der Waals surface area (Å²) < 4.78 is 5.17. The minimum absolute atomic E-state index is 0.0352. The number of hydrogen-bond donors (Lipinski definition) is 1. The van der Waals surface area contributed by atoms with Gasteiger partial charge in [-0.2, -0.15) is 4.98 Å². The third-order valence-corrected chi connectivity index (χ3v) is 4.97. The summed E-state index contributed by atoms with van der Waals surface area (Å²) in [5, 5.41) is 7.01. The van der Waals surface area contributed by atoms with Crippen LogP contribution >= 0.6 is 0 Å². The Morgan fingerprint density at radius 3 is 2.88 bits per heavy atom. The molecule has 1 N–H and O–H groups in total. The van der Waals surface area contributed by atoms with Gasteiger partial charge in [0.05, 0.1) is 6.04 Å². The maximum absolute atomic E-state index is 12.6. The van der Waals surface area contributed by atoms with E-state index in [1.54, 1.807) is 11.9 Å². The number of nitrogens with one attached hydrogen (secondary N) is 1. The molecule has 1 aromatic heterocycles. The van der Waals surface area contributed by atoms with Crippen LogP contribution in [-0.4, -0.2) is 28.1 Å². The zero-order valence-corrected chi connectivity index (χ0v) is 15.4. The lowest BCUT2D eigenvalue weighted by Crippen LogP contribution is -2.41. The minimum Gasteiger partial charge on any atom is -0.337 e. The number of benzene rings is 1. The van der Waals surface area contributed by atoms with Crippen LogP contribution in [0.25, 0.3) is 0 Å². The van der Waals surface area contributed by atoms with Crippen molar-refractivity contribution in [3.8, 4) is 0 Å². The second kappa shape index (κ2) is 6.86. The zero-order valence-electron chi connectivity index (χ0n) is 15.4. The van der Waals surface area contributed by atoms with E-state index in [0.717, 1.165) is 12.8 Å². The van der Waals surface area contributed by atoms with E-state index in [0.29, 0.717) is 24.7 Å². The molecular weight excluding hydrogens is 316 g/mol. The van der Waals surface area contributed by atoms with Gasteiger partial charge in [0, 0.05) is 13.5 Å². The molecule has 134 valence electrons. The van der Waals surface area contributed by atoms with E-state index in [1.165, 1.54) is 11.1 Å². The monoisotopic (exact) mass is 342 g/mol. The topological polar surface area (TPSA) is 71.3 Å². The van der Waals surface area contributed by atoms with Gasteiger partial charge in [-0.3, -0.25) is 0 Å². The Kier molecular flexibility index (Phi) is 4.79. The highest BCUT2D eigenvalue weighted by molar-refractivity contribution is 5.74. The summed E-state index contributed by atoms with van der Waals surface area (Å²) in [6.45, 7) is 6.79. The van der Waals surface area contributed by atoms with E-state index < -0.39 is 0 Å². The van der Waals surface area contributed by atoms with Gasteiger partial charge < -0.3 is 14.7 Å². The predicted octanol–water partition coefficient (Wildman–Crippen LogP) is 3.59. The molecule has 0 saturated heterocycles. The number of aryl methyl sites for hydroxylation is 1. The van der Waals surface area contributed by atoms with Crippen molar-refractivity contribution in [2.24, 2.45) is 0 Å². The van der Waals surface area contributed by atoms with Crippen LogP contribution in [0.3, 0.4) is 0 Å². The maximum Gasteiger partial charge on any atom is 0.318 e. The van der Waals surface area contributed by atoms with Gasteiger partial charge in [-0.05, 0) is 29.4 Å². The molecule has 1 aromatic carbocycles. The molecule has 6 nitrogen and oxygen atoms in total. The van der Waals surface area contributed by atoms with E-state index in [-0.39, 0.29) is 17.5 Å². The molecule has 1 aliphatic rings. The highest BCUT2D eigenvalue weighted by Crippen LogP contribution is 2.41. The molecule has 2 aromatic rings. The normalized spacial score (nSPS) is 18.5. The van der Waals surface area contributed by atoms with Crippen molar-refractivity contribution in [3.05, 3.63) is 47.1 Å². The molecule has 6 heteroatoms. The van der Waals surface area contributed by atoms with E-state index in [2.05, 4.69) is 47.5 Å². The molecule has 0 spiro atoms. The lowest BCUT2D eigenvalue weighted by atomic mass is 9.71. The van der Waals surface area contributed by atoms with E-state index in [4.69, 9.17) is 4.52 Å². The number of urea groups is 1. The van der Waals surface area contributed by atoms with Gasteiger partial charge in [0.25, 0.3) is 0 Å². The first-order valence-electron chi connectivity index (χ1n) is 8.83. The van der Waals surface area contributed by atoms with Crippen LogP contribution in [0.4, 0.5) is 4.79 Å². The fourth-order valence-corrected chi connectivity index (χ4v) is 3.39. The first-order chi connectivity index (χ1) is 11.9. The number of rotatable bonds is 4. The number of aromatic nitrogens is 2. The summed E-state index contributed by atoms with van der Waals surface area (Å²) >= 11 is 0. The van der Waals surface area contributed by atoms with Crippen molar-refractivity contribution >= 4 is 6.03 Å². The Labute approximate surface area is 148 Å². The van der Waals surface area contributed by atoms with Gasteiger partial charge >= 0.3 is 6.03 Å². The molecule has 3 rings (SSSR count). The average molecular weight is 342 g/mol. The highest BCUT2D eigenvalue weighted by atomic mass is 16.5. The molecule has 0 aliphatic heterocycles. The quantitative estimate of drug-likeness (QED) is 0.922. The molecule has 0 radical (unpaired) electrons.